The molecule has 4 nitrogen and oxygen atoms in total. The first-order chi connectivity index (χ1) is 12.5. The summed E-state index contributed by atoms with van der Waals surface area (Å²) in [6, 6.07) is 10.3. The Kier molecular flexibility index (Phi) is 4.67. The number of hydrogen-bond donors (Lipinski definition) is 2. The monoisotopic (exact) mass is 356 g/mol. The van der Waals surface area contributed by atoms with Crippen LogP contribution in [0.1, 0.15) is 24.1 Å². The highest BCUT2D eigenvalue weighted by Gasteiger charge is 2.48. The Hall–Kier alpha value is -1.98. The van der Waals surface area contributed by atoms with Crippen LogP contribution in [0.15, 0.2) is 42.6 Å². The van der Waals surface area contributed by atoms with E-state index in [0.29, 0.717) is 23.8 Å². The van der Waals surface area contributed by atoms with Gasteiger partial charge in [0.1, 0.15) is 11.6 Å². The number of aromatic hydroxyl groups is 1. The second kappa shape index (κ2) is 6.97. The van der Waals surface area contributed by atoms with Crippen LogP contribution < -0.4 is 0 Å². The largest absolute Gasteiger partial charge is 0.506 e. The summed E-state index contributed by atoms with van der Waals surface area (Å²) in [4.78, 5) is 6.67. The van der Waals surface area contributed by atoms with Crippen molar-refractivity contribution in [2.45, 2.75) is 31.3 Å². The summed E-state index contributed by atoms with van der Waals surface area (Å²) < 4.78 is 13.9. The van der Waals surface area contributed by atoms with Gasteiger partial charge in [0.05, 0.1) is 11.8 Å². The van der Waals surface area contributed by atoms with Crippen molar-refractivity contribution in [2.24, 2.45) is 11.8 Å². The summed E-state index contributed by atoms with van der Waals surface area (Å²) in [7, 11) is 0. The van der Waals surface area contributed by atoms with E-state index in [1.807, 2.05) is 12.1 Å². The third kappa shape index (κ3) is 3.74. The number of hydrogen-bond acceptors (Lipinski definition) is 4. The quantitative estimate of drug-likeness (QED) is 0.865. The van der Waals surface area contributed by atoms with Gasteiger partial charge in [0.2, 0.25) is 0 Å². The lowest BCUT2D eigenvalue weighted by molar-refractivity contribution is 0.0347. The molecular weight excluding hydrogens is 331 g/mol. The molecule has 1 aromatic heterocycles. The minimum absolute atomic E-state index is 0.193. The Bertz CT molecular complexity index is 751. The minimum atomic E-state index is -0.776. The van der Waals surface area contributed by atoms with E-state index >= 15 is 0 Å². The van der Waals surface area contributed by atoms with Gasteiger partial charge in [-0.3, -0.25) is 4.98 Å². The molecule has 1 saturated carbocycles. The molecule has 2 fully saturated rings. The van der Waals surface area contributed by atoms with Crippen LogP contribution in [0.5, 0.6) is 5.75 Å². The molecule has 4 rings (SSSR count). The number of fused-ring (bicyclic) bond motifs is 1. The van der Waals surface area contributed by atoms with E-state index in [9.17, 15) is 14.6 Å². The van der Waals surface area contributed by atoms with Crippen LogP contribution in [-0.4, -0.2) is 45.3 Å². The van der Waals surface area contributed by atoms with Crippen LogP contribution in [0.25, 0.3) is 0 Å². The number of likely N-dealkylation sites (tertiary alicyclic amines) is 1. The first-order valence-corrected chi connectivity index (χ1v) is 9.33. The maximum atomic E-state index is 13.9. The Balaban J connectivity index is 1.31. The summed E-state index contributed by atoms with van der Waals surface area (Å²) in [5, 5.41) is 20.3. The molecule has 5 heteroatoms. The van der Waals surface area contributed by atoms with Crippen molar-refractivity contribution < 1.29 is 14.6 Å². The van der Waals surface area contributed by atoms with Gasteiger partial charge in [0.15, 0.2) is 0 Å². The average molecular weight is 356 g/mol. The molecule has 2 aromatic rings. The van der Waals surface area contributed by atoms with E-state index in [-0.39, 0.29) is 11.6 Å². The van der Waals surface area contributed by atoms with Gasteiger partial charge in [-0.2, -0.15) is 0 Å². The lowest BCUT2D eigenvalue weighted by Gasteiger charge is -2.26. The molecule has 0 unspecified atom stereocenters. The van der Waals surface area contributed by atoms with Gasteiger partial charge in [-0.25, -0.2) is 4.39 Å². The van der Waals surface area contributed by atoms with Crippen LogP contribution in [0, 0.1) is 17.7 Å². The molecular formula is C21H25FN2O2. The molecule has 0 radical (unpaired) electrons. The fourth-order valence-electron chi connectivity index (χ4n) is 4.72. The highest BCUT2D eigenvalue weighted by atomic mass is 19.1. The van der Waals surface area contributed by atoms with Crippen LogP contribution in [0.4, 0.5) is 4.39 Å². The van der Waals surface area contributed by atoms with Crippen molar-refractivity contribution in [1.29, 1.82) is 0 Å². The number of rotatable bonds is 5. The number of nitrogens with zero attached hydrogens (tertiary/aromatic N) is 2. The van der Waals surface area contributed by atoms with Gasteiger partial charge in [-0.15, -0.1) is 0 Å². The van der Waals surface area contributed by atoms with E-state index < -0.39 is 5.60 Å². The van der Waals surface area contributed by atoms with Gasteiger partial charge >= 0.3 is 0 Å². The number of halogens is 1. The molecule has 1 saturated heterocycles. The van der Waals surface area contributed by atoms with Crippen molar-refractivity contribution in [3.63, 3.8) is 0 Å². The molecule has 2 aliphatic rings. The fourth-order valence-corrected chi connectivity index (χ4v) is 4.72. The Morgan fingerprint density at radius 2 is 1.85 bits per heavy atom. The first-order valence-electron chi connectivity index (χ1n) is 9.33. The molecule has 2 heterocycles. The predicted octanol–water partition coefficient (Wildman–Crippen LogP) is 2.78. The molecule has 1 aliphatic carbocycles. The number of pyridine rings is 1. The smallest absolute Gasteiger partial charge is 0.133 e. The summed E-state index contributed by atoms with van der Waals surface area (Å²) >= 11 is 0. The second-order valence-corrected chi connectivity index (χ2v) is 7.94. The molecule has 1 aliphatic heterocycles. The Labute approximate surface area is 153 Å². The molecule has 138 valence electrons. The predicted molar refractivity (Wildman–Crippen MR) is 97.3 cm³/mol. The average Bonchev–Trinajstić information content (AvgIpc) is 3.11. The zero-order valence-electron chi connectivity index (χ0n) is 14.8. The second-order valence-electron chi connectivity index (χ2n) is 7.94. The van der Waals surface area contributed by atoms with Crippen molar-refractivity contribution in [3.8, 4) is 5.75 Å². The standard InChI is InChI=1S/C21H25FN2O2/c22-20-4-2-1-3-15(20)9-21(26)10-16-13-24(14-17(16)11-21)8-7-18-5-6-19(25)12-23-18/h1-6,12,16-17,25-26H,7-11,13-14H2/t16-,17+,21-. The maximum absolute atomic E-state index is 13.9. The van der Waals surface area contributed by atoms with Crippen LogP contribution in [-0.2, 0) is 12.8 Å². The van der Waals surface area contributed by atoms with Gasteiger partial charge in [-0.05, 0) is 48.4 Å². The Morgan fingerprint density at radius 3 is 2.50 bits per heavy atom. The van der Waals surface area contributed by atoms with Crippen molar-refractivity contribution in [2.75, 3.05) is 19.6 Å². The fraction of sp³-hybridized carbons (Fsp3) is 0.476. The molecule has 0 bridgehead atoms. The van der Waals surface area contributed by atoms with Gasteiger partial charge in [0.25, 0.3) is 0 Å². The molecule has 2 N–H and O–H groups in total. The summed E-state index contributed by atoms with van der Waals surface area (Å²) in [6.45, 7) is 2.92. The summed E-state index contributed by atoms with van der Waals surface area (Å²) in [5.74, 6) is 0.943. The van der Waals surface area contributed by atoms with Crippen LogP contribution in [0.3, 0.4) is 0 Å². The van der Waals surface area contributed by atoms with Crippen molar-refractivity contribution >= 4 is 0 Å². The number of aliphatic hydroxyl groups is 1. The number of aromatic nitrogens is 1. The zero-order chi connectivity index (χ0) is 18.1. The maximum Gasteiger partial charge on any atom is 0.133 e. The highest BCUT2D eigenvalue weighted by molar-refractivity contribution is 5.21. The first kappa shape index (κ1) is 17.4. The topological polar surface area (TPSA) is 56.6 Å². The third-order valence-electron chi connectivity index (χ3n) is 5.91. The third-order valence-corrected chi connectivity index (χ3v) is 5.91. The Morgan fingerprint density at radius 1 is 1.12 bits per heavy atom. The number of benzene rings is 1. The van der Waals surface area contributed by atoms with Gasteiger partial charge in [0, 0.05) is 38.2 Å². The van der Waals surface area contributed by atoms with Crippen LogP contribution in [0.2, 0.25) is 0 Å². The molecule has 0 spiro atoms. The lowest BCUT2D eigenvalue weighted by Crippen LogP contribution is -2.33. The van der Waals surface area contributed by atoms with Gasteiger partial charge < -0.3 is 15.1 Å². The zero-order valence-corrected chi connectivity index (χ0v) is 14.8. The van der Waals surface area contributed by atoms with Crippen molar-refractivity contribution in [1.82, 2.24) is 9.88 Å². The summed E-state index contributed by atoms with van der Waals surface area (Å²) in [6.07, 6.45) is 4.25. The van der Waals surface area contributed by atoms with Crippen LogP contribution >= 0.6 is 0 Å². The molecule has 0 amide bonds. The molecule has 26 heavy (non-hydrogen) atoms. The molecule has 3 atom stereocenters. The van der Waals surface area contributed by atoms with Gasteiger partial charge in [-0.1, -0.05) is 18.2 Å². The van der Waals surface area contributed by atoms with E-state index in [4.69, 9.17) is 0 Å². The lowest BCUT2D eigenvalue weighted by atomic mass is 9.91. The van der Waals surface area contributed by atoms with E-state index in [1.165, 1.54) is 12.3 Å². The SMILES string of the molecule is Oc1ccc(CCN2C[C@@H]3C[C@@](O)(Cc4ccccc4F)C[C@@H]3C2)nc1. The van der Waals surface area contributed by atoms with E-state index in [1.54, 1.807) is 18.2 Å². The summed E-state index contributed by atoms with van der Waals surface area (Å²) in [5.41, 5.74) is 0.823. The highest BCUT2D eigenvalue weighted by Crippen LogP contribution is 2.45. The van der Waals surface area contributed by atoms with Crippen molar-refractivity contribution in [3.05, 3.63) is 59.7 Å². The molecule has 1 aromatic carbocycles. The van der Waals surface area contributed by atoms with E-state index in [0.717, 1.165) is 44.6 Å². The normalized spacial score (nSPS) is 28.4. The van der Waals surface area contributed by atoms with E-state index in [2.05, 4.69) is 9.88 Å². The minimum Gasteiger partial charge on any atom is -0.506 e.